The summed E-state index contributed by atoms with van der Waals surface area (Å²) in [4.78, 5) is 23.9. The molecule has 142 valence electrons. The Bertz CT molecular complexity index is 727. The average molecular weight is 359 g/mol. The lowest BCUT2D eigenvalue weighted by Crippen LogP contribution is -2.48. The van der Waals surface area contributed by atoms with Gasteiger partial charge in [-0.3, -0.25) is 9.59 Å². The fourth-order valence-corrected chi connectivity index (χ4v) is 4.81. The van der Waals surface area contributed by atoms with E-state index in [1.807, 2.05) is 0 Å². The van der Waals surface area contributed by atoms with Gasteiger partial charge in [-0.2, -0.15) is 0 Å². The predicted molar refractivity (Wildman–Crippen MR) is 99.7 cm³/mol. The monoisotopic (exact) mass is 359 g/mol. The molecule has 0 radical (unpaired) electrons. The van der Waals surface area contributed by atoms with Gasteiger partial charge in [0, 0.05) is 11.6 Å². The first-order valence-electron chi connectivity index (χ1n) is 9.30. The number of hydrogen-bond acceptors (Lipinski definition) is 4. The molecule has 2 aliphatic carbocycles. The molecule has 26 heavy (non-hydrogen) atoms. The second-order valence-corrected chi connectivity index (χ2v) is 8.44. The van der Waals surface area contributed by atoms with Gasteiger partial charge in [-0.1, -0.05) is 20.8 Å². The van der Waals surface area contributed by atoms with Crippen molar-refractivity contribution in [3.8, 4) is 11.5 Å². The highest BCUT2D eigenvalue weighted by atomic mass is 16.5. The van der Waals surface area contributed by atoms with Crippen LogP contribution in [-0.4, -0.2) is 31.4 Å². The number of methoxy groups -OCH3 is 1. The fourth-order valence-electron chi connectivity index (χ4n) is 4.81. The largest absolute Gasteiger partial charge is 0.493 e. The Labute approximate surface area is 155 Å². The molecule has 3 unspecified atom stereocenters. The van der Waals surface area contributed by atoms with Crippen LogP contribution < -0.4 is 14.8 Å². The van der Waals surface area contributed by atoms with E-state index in [9.17, 15) is 9.59 Å². The molecule has 0 saturated heterocycles. The van der Waals surface area contributed by atoms with Gasteiger partial charge in [-0.15, -0.1) is 0 Å². The molecule has 1 aromatic rings. The maximum Gasteiger partial charge on any atom is 0.258 e. The summed E-state index contributed by atoms with van der Waals surface area (Å²) in [6.07, 6.45) is 3.47. The topological polar surface area (TPSA) is 64.6 Å². The minimum absolute atomic E-state index is 0.0419. The van der Waals surface area contributed by atoms with E-state index in [1.165, 1.54) is 20.5 Å². The van der Waals surface area contributed by atoms with Crippen molar-refractivity contribution >= 4 is 11.7 Å². The van der Waals surface area contributed by atoms with E-state index in [4.69, 9.17) is 9.47 Å². The number of ketones is 1. The van der Waals surface area contributed by atoms with Gasteiger partial charge in [0.1, 0.15) is 0 Å². The van der Waals surface area contributed by atoms with E-state index >= 15 is 0 Å². The van der Waals surface area contributed by atoms with Crippen LogP contribution in [0.3, 0.4) is 0 Å². The van der Waals surface area contributed by atoms with Crippen LogP contribution in [0, 0.1) is 16.7 Å². The van der Waals surface area contributed by atoms with Crippen LogP contribution in [0.4, 0.5) is 0 Å². The van der Waals surface area contributed by atoms with Crippen molar-refractivity contribution in [1.29, 1.82) is 0 Å². The lowest BCUT2D eigenvalue weighted by molar-refractivity contribution is -0.124. The first kappa shape index (κ1) is 18.7. The predicted octanol–water partition coefficient (Wildman–Crippen LogP) is 3.61. The van der Waals surface area contributed by atoms with Crippen molar-refractivity contribution in [1.82, 2.24) is 5.32 Å². The zero-order chi connectivity index (χ0) is 19.1. The van der Waals surface area contributed by atoms with Crippen LogP contribution in [0.2, 0.25) is 0 Å². The highest BCUT2D eigenvalue weighted by molar-refractivity contribution is 5.94. The molecule has 0 heterocycles. The molecule has 0 aromatic heterocycles. The molecule has 0 spiro atoms. The Hall–Kier alpha value is -2.04. The molecular formula is C21H29NO4. The third-order valence-corrected chi connectivity index (χ3v) is 7.06. The normalized spacial score (nSPS) is 28.7. The van der Waals surface area contributed by atoms with Crippen molar-refractivity contribution in [3.05, 3.63) is 23.8 Å². The maximum absolute atomic E-state index is 12.4. The number of ether oxygens (including phenoxy) is 2. The first-order valence-corrected chi connectivity index (χ1v) is 9.30. The summed E-state index contributed by atoms with van der Waals surface area (Å²) in [6.45, 7) is 8.40. The lowest BCUT2D eigenvalue weighted by Gasteiger charge is -2.39. The zero-order valence-electron chi connectivity index (χ0n) is 16.3. The van der Waals surface area contributed by atoms with Crippen molar-refractivity contribution in [3.63, 3.8) is 0 Å². The summed E-state index contributed by atoms with van der Waals surface area (Å²) in [6, 6.07) is 5.19. The van der Waals surface area contributed by atoms with Crippen molar-refractivity contribution in [2.75, 3.05) is 13.7 Å². The molecule has 1 N–H and O–H groups in total. The number of fused-ring (bicyclic) bond motifs is 2. The summed E-state index contributed by atoms with van der Waals surface area (Å²) < 4.78 is 10.9. The van der Waals surface area contributed by atoms with Crippen LogP contribution in [0.25, 0.3) is 0 Å². The van der Waals surface area contributed by atoms with Crippen molar-refractivity contribution < 1.29 is 19.1 Å². The standard InChI is InChI=1S/C21H29NO4/c1-13(23)14-6-7-16(17(10-14)25-5)26-12-19(24)22-18-11-15-8-9-21(18,4)20(15,2)3/h6-7,10,15,18H,8-9,11-12H2,1-5H3,(H,22,24). The highest BCUT2D eigenvalue weighted by Gasteiger charge is 2.61. The zero-order valence-corrected chi connectivity index (χ0v) is 16.3. The summed E-state index contributed by atoms with van der Waals surface area (Å²) in [5.41, 5.74) is 0.960. The van der Waals surface area contributed by atoms with Gasteiger partial charge in [0.15, 0.2) is 23.9 Å². The number of nitrogens with one attached hydrogen (secondary N) is 1. The summed E-state index contributed by atoms with van der Waals surface area (Å²) in [7, 11) is 1.52. The minimum atomic E-state index is -0.114. The van der Waals surface area contributed by atoms with Gasteiger partial charge < -0.3 is 14.8 Å². The van der Waals surface area contributed by atoms with Gasteiger partial charge in [-0.25, -0.2) is 0 Å². The highest BCUT2D eigenvalue weighted by Crippen LogP contribution is 2.65. The lowest BCUT2D eigenvalue weighted by atomic mass is 9.69. The Morgan fingerprint density at radius 2 is 1.96 bits per heavy atom. The van der Waals surface area contributed by atoms with E-state index in [0.717, 1.165) is 12.8 Å². The second-order valence-electron chi connectivity index (χ2n) is 8.44. The first-order chi connectivity index (χ1) is 12.2. The molecule has 2 saturated carbocycles. The number of carbonyl (C=O) groups excluding carboxylic acids is 2. The van der Waals surface area contributed by atoms with Crippen molar-refractivity contribution in [2.45, 2.75) is 53.0 Å². The minimum Gasteiger partial charge on any atom is -0.493 e. The van der Waals surface area contributed by atoms with E-state index in [2.05, 4.69) is 26.1 Å². The van der Waals surface area contributed by atoms with Crippen LogP contribution >= 0.6 is 0 Å². The molecule has 2 bridgehead atoms. The van der Waals surface area contributed by atoms with Gasteiger partial charge in [-0.05, 0) is 61.1 Å². The van der Waals surface area contributed by atoms with Crippen molar-refractivity contribution in [2.24, 2.45) is 16.7 Å². The summed E-state index contributed by atoms with van der Waals surface area (Å²) in [5.74, 6) is 1.45. The number of amides is 1. The number of Topliss-reactive ketones (excluding diaryl/α,β-unsaturated/α-hetero) is 1. The second kappa shape index (κ2) is 6.60. The molecule has 5 nitrogen and oxygen atoms in total. The quantitative estimate of drug-likeness (QED) is 0.788. The SMILES string of the molecule is COc1cc(C(C)=O)ccc1OCC(=O)NC1CC2CCC1(C)C2(C)C. The van der Waals surface area contributed by atoms with Gasteiger partial charge in [0.25, 0.3) is 5.91 Å². The van der Waals surface area contributed by atoms with Crippen LogP contribution in [0.1, 0.15) is 57.3 Å². The van der Waals surface area contributed by atoms with Crippen LogP contribution in [-0.2, 0) is 4.79 Å². The molecule has 0 aliphatic heterocycles. The average Bonchev–Trinajstić information content (AvgIpc) is 2.93. The molecule has 2 fully saturated rings. The Morgan fingerprint density at radius 1 is 1.23 bits per heavy atom. The molecule has 3 rings (SSSR count). The Morgan fingerprint density at radius 3 is 2.50 bits per heavy atom. The maximum atomic E-state index is 12.4. The molecule has 1 aromatic carbocycles. The van der Waals surface area contributed by atoms with E-state index in [-0.39, 0.29) is 35.2 Å². The summed E-state index contributed by atoms with van der Waals surface area (Å²) in [5, 5.41) is 3.18. The molecular weight excluding hydrogens is 330 g/mol. The fraction of sp³-hybridized carbons (Fsp3) is 0.619. The van der Waals surface area contributed by atoms with Gasteiger partial charge >= 0.3 is 0 Å². The van der Waals surface area contributed by atoms with E-state index in [0.29, 0.717) is 23.0 Å². The summed E-state index contributed by atoms with van der Waals surface area (Å²) >= 11 is 0. The Balaban J connectivity index is 1.61. The van der Waals surface area contributed by atoms with Gasteiger partial charge in [0.2, 0.25) is 0 Å². The van der Waals surface area contributed by atoms with Gasteiger partial charge in [0.05, 0.1) is 7.11 Å². The number of hydrogen-bond donors (Lipinski definition) is 1. The van der Waals surface area contributed by atoms with Crippen LogP contribution in [0.15, 0.2) is 18.2 Å². The number of benzene rings is 1. The van der Waals surface area contributed by atoms with E-state index in [1.54, 1.807) is 18.2 Å². The third kappa shape index (κ3) is 2.97. The molecule has 1 amide bonds. The van der Waals surface area contributed by atoms with Crippen LogP contribution in [0.5, 0.6) is 11.5 Å². The Kier molecular flexibility index (Phi) is 4.76. The van der Waals surface area contributed by atoms with E-state index < -0.39 is 0 Å². The molecule has 3 atom stereocenters. The third-order valence-electron chi connectivity index (χ3n) is 7.06. The number of rotatable bonds is 6. The smallest absolute Gasteiger partial charge is 0.258 e. The molecule has 5 heteroatoms. The number of carbonyl (C=O) groups is 2. The molecule has 2 aliphatic rings.